The highest BCUT2D eigenvalue weighted by molar-refractivity contribution is 7.98. The van der Waals surface area contributed by atoms with Gasteiger partial charge in [0, 0.05) is 31.2 Å². The topological polar surface area (TPSA) is 70.7 Å². The van der Waals surface area contributed by atoms with Crippen LogP contribution in [0, 0.1) is 5.92 Å². The largest absolute Gasteiger partial charge is 0.464 e. The van der Waals surface area contributed by atoms with Crippen molar-refractivity contribution in [3.8, 4) is 0 Å². The molecule has 0 saturated carbocycles. The van der Waals surface area contributed by atoms with E-state index in [-0.39, 0.29) is 12.0 Å². The van der Waals surface area contributed by atoms with Crippen molar-refractivity contribution in [2.45, 2.75) is 6.04 Å². The number of thioether (sulfide) groups is 1. The molecule has 0 radical (unpaired) electrons. The minimum absolute atomic E-state index is 0.337. The second-order valence-corrected chi connectivity index (χ2v) is 6.71. The molecule has 0 bridgehead atoms. The van der Waals surface area contributed by atoms with Gasteiger partial charge < -0.3 is 20.3 Å². The molecular weight excluding hydrogens is 326 g/mol. The summed E-state index contributed by atoms with van der Waals surface area (Å²) in [5.41, 5.74) is 2.23. The molecule has 1 aliphatic rings. The van der Waals surface area contributed by atoms with Gasteiger partial charge in [0.25, 0.3) is 0 Å². The number of carbonyl (C=O) groups is 2. The number of esters is 1. The summed E-state index contributed by atoms with van der Waals surface area (Å²) in [4.78, 5) is 26.3. The van der Waals surface area contributed by atoms with Crippen molar-refractivity contribution in [2.24, 2.45) is 5.92 Å². The van der Waals surface area contributed by atoms with Gasteiger partial charge in [0.2, 0.25) is 0 Å². The molecule has 7 heteroatoms. The number of ether oxygens (including phenoxy) is 1. The van der Waals surface area contributed by atoms with E-state index in [4.69, 9.17) is 4.74 Å². The van der Waals surface area contributed by atoms with Gasteiger partial charge in [0.05, 0.1) is 6.04 Å². The molecule has 1 aromatic rings. The van der Waals surface area contributed by atoms with Gasteiger partial charge in [-0.05, 0) is 24.0 Å². The minimum atomic E-state index is -0.658. The Morgan fingerprint density at radius 2 is 2.00 bits per heavy atom. The molecule has 0 spiro atoms. The molecule has 0 unspecified atom stereocenters. The van der Waals surface area contributed by atoms with Crippen LogP contribution in [-0.4, -0.2) is 44.7 Å². The zero-order chi connectivity index (χ0) is 17.7. The summed E-state index contributed by atoms with van der Waals surface area (Å²) in [6.45, 7) is 4.17. The van der Waals surface area contributed by atoms with Crippen LogP contribution in [0.2, 0.25) is 0 Å². The fraction of sp³-hybridized carbons (Fsp3) is 0.412. The molecule has 2 atom stereocenters. The molecule has 24 heavy (non-hydrogen) atoms. The van der Waals surface area contributed by atoms with E-state index < -0.39 is 12.0 Å². The van der Waals surface area contributed by atoms with Gasteiger partial charge in [0.1, 0.15) is 12.5 Å². The Hall–Kier alpha value is -2.15. The summed E-state index contributed by atoms with van der Waals surface area (Å²) in [6.07, 6.45) is 1.95. The molecule has 1 saturated heterocycles. The predicted octanol–water partition coefficient (Wildman–Crippen LogP) is 2.14. The molecular formula is C17H23N3O3S. The van der Waals surface area contributed by atoms with Gasteiger partial charge in [-0.15, -0.1) is 0 Å². The monoisotopic (exact) mass is 349 g/mol. The Kier molecular flexibility index (Phi) is 6.14. The van der Waals surface area contributed by atoms with Gasteiger partial charge in [-0.25, -0.2) is 4.79 Å². The van der Waals surface area contributed by atoms with Crippen molar-refractivity contribution in [2.75, 3.05) is 37.6 Å². The van der Waals surface area contributed by atoms with Gasteiger partial charge in [0.15, 0.2) is 0 Å². The Morgan fingerprint density at radius 1 is 1.33 bits per heavy atom. The lowest BCUT2D eigenvalue weighted by molar-refractivity contribution is -0.147. The van der Waals surface area contributed by atoms with Crippen molar-refractivity contribution < 1.29 is 14.3 Å². The normalized spacial score (nSPS) is 20.1. The third-order valence-electron chi connectivity index (χ3n) is 3.82. The first-order valence-electron chi connectivity index (χ1n) is 7.63. The number of amides is 2. The van der Waals surface area contributed by atoms with Crippen LogP contribution in [-0.2, 0) is 9.53 Å². The van der Waals surface area contributed by atoms with Crippen molar-refractivity contribution >= 4 is 29.4 Å². The van der Waals surface area contributed by atoms with Crippen molar-refractivity contribution in [1.29, 1.82) is 0 Å². The summed E-state index contributed by atoms with van der Waals surface area (Å²) < 4.78 is 5.32. The number of hydrogen-bond acceptors (Lipinski definition) is 5. The molecule has 1 aliphatic heterocycles. The Morgan fingerprint density at radius 3 is 2.58 bits per heavy atom. The summed E-state index contributed by atoms with van der Waals surface area (Å²) >= 11 is 1.60. The molecule has 6 nitrogen and oxygen atoms in total. The van der Waals surface area contributed by atoms with E-state index in [1.807, 2.05) is 49.5 Å². The molecule has 0 aromatic heterocycles. The van der Waals surface area contributed by atoms with Crippen LogP contribution in [0.15, 0.2) is 36.5 Å². The Bertz CT molecular complexity index is 616. The number of anilines is 1. The summed E-state index contributed by atoms with van der Waals surface area (Å²) in [7, 11) is 3.91. The molecule has 2 N–H and O–H groups in total. The van der Waals surface area contributed by atoms with E-state index in [1.165, 1.54) is 0 Å². The third kappa shape index (κ3) is 4.23. The number of carbonyl (C=O) groups excluding carboxylic acids is 2. The smallest absolute Gasteiger partial charge is 0.319 e. The van der Waals surface area contributed by atoms with Crippen molar-refractivity contribution in [1.82, 2.24) is 10.6 Å². The fourth-order valence-electron chi connectivity index (χ4n) is 2.53. The summed E-state index contributed by atoms with van der Waals surface area (Å²) in [5.74, 6) is -0.314. The van der Waals surface area contributed by atoms with Crippen LogP contribution in [0.5, 0.6) is 0 Å². The third-order valence-corrected chi connectivity index (χ3v) is 4.40. The maximum atomic E-state index is 12.5. The highest BCUT2D eigenvalue weighted by Crippen LogP contribution is 2.31. The van der Waals surface area contributed by atoms with E-state index in [2.05, 4.69) is 17.2 Å². The molecule has 2 rings (SSSR count). The van der Waals surface area contributed by atoms with Crippen LogP contribution in [0.25, 0.3) is 0 Å². The van der Waals surface area contributed by atoms with Crippen molar-refractivity contribution in [3.05, 3.63) is 42.1 Å². The van der Waals surface area contributed by atoms with Gasteiger partial charge >= 0.3 is 12.0 Å². The molecule has 0 aliphatic carbocycles. The van der Waals surface area contributed by atoms with E-state index in [9.17, 15) is 9.59 Å². The van der Waals surface area contributed by atoms with Gasteiger partial charge in [-0.2, -0.15) is 11.8 Å². The zero-order valence-corrected chi connectivity index (χ0v) is 15.0. The van der Waals surface area contributed by atoms with Crippen LogP contribution in [0.4, 0.5) is 10.5 Å². The Labute approximate surface area is 146 Å². The molecule has 2 amide bonds. The van der Waals surface area contributed by atoms with Gasteiger partial charge in [-0.3, -0.25) is 4.79 Å². The SMILES string of the molecule is C=C1NC(=O)N[C@@H](c2ccc(N(C)C)cc2)[C@@H]1C(=O)OCCSC. The lowest BCUT2D eigenvalue weighted by Crippen LogP contribution is -2.51. The number of nitrogens with one attached hydrogen (secondary N) is 2. The predicted molar refractivity (Wildman–Crippen MR) is 97.1 cm³/mol. The average Bonchev–Trinajstić information content (AvgIpc) is 2.54. The molecule has 1 aromatic carbocycles. The maximum absolute atomic E-state index is 12.5. The van der Waals surface area contributed by atoms with Crippen molar-refractivity contribution in [3.63, 3.8) is 0 Å². The van der Waals surface area contributed by atoms with Gasteiger partial charge in [-0.1, -0.05) is 18.7 Å². The number of benzene rings is 1. The highest BCUT2D eigenvalue weighted by atomic mass is 32.2. The van der Waals surface area contributed by atoms with E-state index in [1.54, 1.807) is 11.8 Å². The summed E-state index contributed by atoms with van der Waals surface area (Å²) in [6, 6.07) is 6.84. The number of hydrogen-bond donors (Lipinski definition) is 2. The molecule has 1 fully saturated rings. The highest BCUT2D eigenvalue weighted by Gasteiger charge is 2.38. The quantitative estimate of drug-likeness (QED) is 0.608. The average molecular weight is 349 g/mol. The standard InChI is InChI=1S/C17H23N3O3S/c1-11-14(16(21)23-9-10-24-4)15(19-17(22)18-11)12-5-7-13(8-6-12)20(2)3/h5-8,14-15H,1,9-10H2,2-4H3,(H2,18,19,22)/t14-,15+/m1/s1. The molecule has 130 valence electrons. The lowest BCUT2D eigenvalue weighted by atomic mass is 9.89. The van der Waals surface area contributed by atoms with Crippen LogP contribution < -0.4 is 15.5 Å². The lowest BCUT2D eigenvalue weighted by Gasteiger charge is -2.33. The first-order valence-corrected chi connectivity index (χ1v) is 9.02. The van der Waals surface area contributed by atoms with Crippen LogP contribution in [0.3, 0.4) is 0 Å². The van der Waals surface area contributed by atoms with Crippen LogP contribution >= 0.6 is 11.8 Å². The van der Waals surface area contributed by atoms with E-state index in [0.717, 1.165) is 17.0 Å². The zero-order valence-electron chi connectivity index (χ0n) is 14.2. The number of rotatable bonds is 6. The second-order valence-electron chi connectivity index (χ2n) is 5.73. The number of nitrogens with zero attached hydrogens (tertiary/aromatic N) is 1. The fourth-order valence-corrected chi connectivity index (χ4v) is 2.78. The first-order chi connectivity index (χ1) is 11.4. The van der Waals surface area contributed by atoms with E-state index in [0.29, 0.717) is 12.3 Å². The number of urea groups is 1. The molecule has 1 heterocycles. The summed E-state index contributed by atoms with van der Waals surface area (Å²) in [5, 5.41) is 5.37. The van der Waals surface area contributed by atoms with E-state index >= 15 is 0 Å². The maximum Gasteiger partial charge on any atom is 0.319 e. The van der Waals surface area contributed by atoms with Crippen LogP contribution in [0.1, 0.15) is 11.6 Å². The first kappa shape index (κ1) is 18.2. The Balaban J connectivity index is 2.23. The minimum Gasteiger partial charge on any atom is -0.464 e. The second kappa shape index (κ2) is 8.10.